The van der Waals surface area contributed by atoms with E-state index < -0.39 is 0 Å². The van der Waals surface area contributed by atoms with Crippen molar-refractivity contribution in [2.45, 2.75) is 19.3 Å². The van der Waals surface area contributed by atoms with Crippen LogP contribution in [0.15, 0.2) is 54.7 Å². The Morgan fingerprint density at radius 2 is 1.75 bits per heavy atom. The topological polar surface area (TPSA) is 36.0 Å². The zero-order valence-electron chi connectivity index (χ0n) is 11.6. The zero-order valence-corrected chi connectivity index (χ0v) is 11.6. The van der Waals surface area contributed by atoms with Crippen LogP contribution in [0.1, 0.15) is 29.0 Å². The van der Waals surface area contributed by atoms with E-state index in [0.717, 1.165) is 11.9 Å². The molecule has 2 N–H and O–H groups in total. The molecule has 1 unspecified atom stereocenters. The fraction of sp³-hybridized carbons (Fsp3) is 0.222. The van der Waals surface area contributed by atoms with E-state index >= 15 is 0 Å². The number of fused-ring (bicyclic) bond motifs is 1. The fourth-order valence-corrected chi connectivity index (χ4v) is 2.97. The number of aromatic amines is 1. The Morgan fingerprint density at radius 1 is 1.00 bits per heavy atom. The number of aliphatic hydroxyl groups excluding tert-OH is 1. The van der Waals surface area contributed by atoms with Crippen LogP contribution in [0.5, 0.6) is 0 Å². The molecule has 0 fully saturated rings. The number of rotatable bonds is 4. The molecule has 1 atom stereocenters. The van der Waals surface area contributed by atoms with Crippen LogP contribution in [0.2, 0.25) is 0 Å². The van der Waals surface area contributed by atoms with Crippen molar-refractivity contribution < 1.29 is 5.11 Å². The first-order valence-corrected chi connectivity index (χ1v) is 7.03. The molecular weight excluding hydrogens is 246 g/mol. The molecule has 0 amide bonds. The summed E-state index contributed by atoms with van der Waals surface area (Å²) in [7, 11) is 0. The van der Waals surface area contributed by atoms with Crippen LogP contribution in [0.25, 0.3) is 10.9 Å². The second-order valence-electron chi connectivity index (χ2n) is 5.21. The largest absolute Gasteiger partial charge is 0.396 e. The first-order valence-electron chi connectivity index (χ1n) is 7.03. The molecule has 20 heavy (non-hydrogen) atoms. The average molecular weight is 265 g/mol. The van der Waals surface area contributed by atoms with Crippen molar-refractivity contribution in [3.63, 3.8) is 0 Å². The van der Waals surface area contributed by atoms with Gasteiger partial charge in [0.05, 0.1) is 0 Å². The predicted octanol–water partition coefficient (Wildman–Crippen LogP) is 3.99. The van der Waals surface area contributed by atoms with E-state index in [2.05, 4.69) is 60.6 Å². The maximum atomic E-state index is 9.45. The van der Waals surface area contributed by atoms with Crippen molar-refractivity contribution in [3.05, 3.63) is 71.4 Å². The minimum absolute atomic E-state index is 0.193. The first kappa shape index (κ1) is 12.9. The summed E-state index contributed by atoms with van der Waals surface area (Å²) in [6.07, 6.45) is 2.82. The van der Waals surface area contributed by atoms with Crippen LogP contribution in [0, 0.1) is 6.92 Å². The number of para-hydroxylation sites is 1. The summed E-state index contributed by atoms with van der Waals surface area (Å²) in [6, 6.07) is 16.8. The Balaban J connectivity index is 2.14. The highest BCUT2D eigenvalue weighted by atomic mass is 16.3. The van der Waals surface area contributed by atoms with Crippen LogP contribution in [0.4, 0.5) is 0 Å². The highest BCUT2D eigenvalue weighted by Gasteiger charge is 2.18. The molecule has 2 aromatic carbocycles. The number of benzene rings is 2. The van der Waals surface area contributed by atoms with Gasteiger partial charge in [0.25, 0.3) is 0 Å². The van der Waals surface area contributed by atoms with Gasteiger partial charge in [-0.2, -0.15) is 0 Å². The zero-order chi connectivity index (χ0) is 13.9. The lowest BCUT2D eigenvalue weighted by Crippen LogP contribution is -2.05. The Labute approximate surface area is 119 Å². The van der Waals surface area contributed by atoms with Gasteiger partial charge in [0, 0.05) is 29.6 Å². The van der Waals surface area contributed by atoms with Crippen molar-refractivity contribution in [1.82, 2.24) is 4.98 Å². The van der Waals surface area contributed by atoms with Gasteiger partial charge in [-0.15, -0.1) is 0 Å². The van der Waals surface area contributed by atoms with E-state index in [0.29, 0.717) is 0 Å². The molecule has 2 heteroatoms. The van der Waals surface area contributed by atoms with Gasteiger partial charge in [-0.1, -0.05) is 42.5 Å². The van der Waals surface area contributed by atoms with Crippen LogP contribution in [-0.2, 0) is 0 Å². The monoisotopic (exact) mass is 265 g/mol. The van der Waals surface area contributed by atoms with Gasteiger partial charge in [-0.05, 0) is 36.1 Å². The molecule has 0 saturated heterocycles. The van der Waals surface area contributed by atoms with E-state index in [1.807, 2.05) is 6.07 Å². The van der Waals surface area contributed by atoms with Crippen molar-refractivity contribution in [1.29, 1.82) is 0 Å². The summed E-state index contributed by atoms with van der Waals surface area (Å²) in [5, 5.41) is 10.7. The number of H-pyrrole nitrogens is 1. The highest BCUT2D eigenvalue weighted by Crippen LogP contribution is 2.34. The molecule has 1 aromatic heterocycles. The van der Waals surface area contributed by atoms with Gasteiger partial charge in [0.2, 0.25) is 0 Å². The van der Waals surface area contributed by atoms with Crippen molar-refractivity contribution >= 4 is 10.9 Å². The summed E-state index contributed by atoms with van der Waals surface area (Å²) in [5.74, 6) is 0.234. The number of hydrogen-bond acceptors (Lipinski definition) is 1. The molecule has 3 aromatic rings. The van der Waals surface area contributed by atoms with Gasteiger partial charge >= 0.3 is 0 Å². The van der Waals surface area contributed by atoms with Crippen molar-refractivity contribution in [2.75, 3.05) is 6.61 Å². The molecule has 0 aliphatic rings. The number of hydrogen-bond donors (Lipinski definition) is 2. The van der Waals surface area contributed by atoms with Gasteiger partial charge in [-0.3, -0.25) is 0 Å². The molecule has 1 heterocycles. The van der Waals surface area contributed by atoms with Crippen molar-refractivity contribution in [2.24, 2.45) is 0 Å². The summed E-state index contributed by atoms with van der Waals surface area (Å²) in [6.45, 7) is 2.33. The van der Waals surface area contributed by atoms with E-state index in [-0.39, 0.29) is 12.5 Å². The lowest BCUT2D eigenvalue weighted by atomic mass is 9.86. The Hall–Kier alpha value is -2.06. The second-order valence-corrected chi connectivity index (χ2v) is 5.21. The molecule has 0 bridgehead atoms. The quantitative estimate of drug-likeness (QED) is 0.735. The molecule has 3 rings (SSSR count). The van der Waals surface area contributed by atoms with E-state index in [9.17, 15) is 5.11 Å². The minimum atomic E-state index is 0.193. The van der Waals surface area contributed by atoms with Crippen LogP contribution in [-0.4, -0.2) is 16.7 Å². The third-order valence-corrected chi connectivity index (χ3v) is 3.98. The highest BCUT2D eigenvalue weighted by molar-refractivity contribution is 5.84. The number of nitrogens with one attached hydrogen (secondary N) is 1. The molecule has 102 valence electrons. The molecular formula is C18H19NO. The molecule has 0 aliphatic heterocycles. The van der Waals surface area contributed by atoms with Crippen LogP contribution < -0.4 is 0 Å². The van der Waals surface area contributed by atoms with E-state index in [4.69, 9.17) is 0 Å². The van der Waals surface area contributed by atoms with Crippen LogP contribution in [0.3, 0.4) is 0 Å². The first-order chi connectivity index (χ1) is 9.81. The maximum Gasteiger partial charge on any atom is 0.0457 e. The number of aryl methyl sites for hydroxylation is 1. The maximum absolute atomic E-state index is 9.45. The summed E-state index contributed by atoms with van der Waals surface area (Å²) in [4.78, 5) is 3.33. The van der Waals surface area contributed by atoms with Crippen molar-refractivity contribution in [3.8, 4) is 0 Å². The summed E-state index contributed by atoms with van der Waals surface area (Å²) >= 11 is 0. The Kier molecular flexibility index (Phi) is 3.57. The summed E-state index contributed by atoms with van der Waals surface area (Å²) < 4.78 is 0. The third kappa shape index (κ3) is 2.23. The normalized spacial score (nSPS) is 12.7. The van der Waals surface area contributed by atoms with Crippen LogP contribution >= 0.6 is 0 Å². The third-order valence-electron chi connectivity index (χ3n) is 3.98. The van der Waals surface area contributed by atoms with Gasteiger partial charge in [0.15, 0.2) is 0 Å². The summed E-state index contributed by atoms with van der Waals surface area (Å²) in [5.41, 5.74) is 4.99. The average Bonchev–Trinajstić information content (AvgIpc) is 2.90. The number of aromatic nitrogens is 1. The lowest BCUT2D eigenvalue weighted by molar-refractivity contribution is 0.281. The molecule has 2 nitrogen and oxygen atoms in total. The Bertz CT molecular complexity index is 714. The molecule has 0 aliphatic carbocycles. The predicted molar refractivity (Wildman–Crippen MR) is 83.0 cm³/mol. The molecule has 0 saturated carbocycles. The smallest absolute Gasteiger partial charge is 0.0457 e. The van der Waals surface area contributed by atoms with Gasteiger partial charge in [-0.25, -0.2) is 0 Å². The molecule has 0 radical (unpaired) electrons. The minimum Gasteiger partial charge on any atom is -0.396 e. The van der Waals surface area contributed by atoms with Gasteiger partial charge in [0.1, 0.15) is 0 Å². The SMILES string of the molecule is Cc1ccccc1C(CCO)c1c[nH]c2ccccc12. The fourth-order valence-electron chi connectivity index (χ4n) is 2.97. The van der Waals surface area contributed by atoms with Gasteiger partial charge < -0.3 is 10.1 Å². The molecule has 0 spiro atoms. The number of aliphatic hydroxyl groups is 1. The van der Waals surface area contributed by atoms with E-state index in [1.165, 1.54) is 22.1 Å². The standard InChI is InChI=1S/C18H19NO/c1-13-6-2-3-7-14(13)15(10-11-20)17-12-19-18-9-5-4-8-16(17)18/h2-9,12,15,19-20H,10-11H2,1H3. The Morgan fingerprint density at radius 3 is 2.55 bits per heavy atom. The lowest BCUT2D eigenvalue weighted by Gasteiger charge is -2.18. The van der Waals surface area contributed by atoms with E-state index in [1.54, 1.807) is 0 Å². The second kappa shape index (κ2) is 5.51.